The van der Waals surface area contributed by atoms with Crippen molar-refractivity contribution in [2.24, 2.45) is 5.73 Å². The first-order valence-corrected chi connectivity index (χ1v) is 9.70. The van der Waals surface area contributed by atoms with Crippen LogP contribution in [-0.2, 0) is 4.79 Å². The number of hydrogen-bond donors (Lipinski definition) is 1. The highest BCUT2D eigenvalue weighted by Crippen LogP contribution is 2.32. The Labute approximate surface area is 159 Å². The first-order valence-electron chi connectivity index (χ1n) is 9.70. The van der Waals surface area contributed by atoms with Crippen LogP contribution in [0.3, 0.4) is 0 Å². The van der Waals surface area contributed by atoms with Gasteiger partial charge in [0.05, 0.1) is 7.11 Å². The van der Waals surface area contributed by atoms with Gasteiger partial charge in [0, 0.05) is 18.5 Å². The van der Waals surface area contributed by atoms with Gasteiger partial charge < -0.3 is 19.9 Å². The molecule has 0 radical (unpaired) electrons. The summed E-state index contributed by atoms with van der Waals surface area (Å²) in [6.07, 6.45) is 6.32. The van der Waals surface area contributed by atoms with Crippen LogP contribution in [0.2, 0.25) is 0 Å². The number of benzene rings is 1. The van der Waals surface area contributed by atoms with Crippen molar-refractivity contribution >= 4 is 5.91 Å². The maximum atomic E-state index is 12.7. The maximum Gasteiger partial charge on any atom is 0.249 e. The largest absolute Gasteiger partial charge is 0.497 e. The Hall–Kier alpha value is -2.41. The molecule has 2 heterocycles. The molecule has 1 aromatic carbocycles. The fourth-order valence-corrected chi connectivity index (χ4v) is 3.46. The van der Waals surface area contributed by atoms with Gasteiger partial charge >= 0.3 is 0 Å². The van der Waals surface area contributed by atoms with E-state index in [0.29, 0.717) is 24.7 Å². The molecule has 0 bridgehead atoms. The summed E-state index contributed by atoms with van der Waals surface area (Å²) in [6, 6.07) is 7.40. The number of aromatic nitrogens is 2. The number of nitrogens with two attached hydrogens (primary N) is 1. The average Bonchev–Trinajstić information content (AvgIpc) is 3.21. The number of amides is 1. The van der Waals surface area contributed by atoms with E-state index in [-0.39, 0.29) is 11.9 Å². The molecule has 0 spiro atoms. The molecule has 1 aromatic heterocycles. The van der Waals surface area contributed by atoms with Crippen LogP contribution in [0, 0.1) is 0 Å². The molecule has 7 nitrogen and oxygen atoms in total. The Morgan fingerprint density at radius 3 is 2.81 bits per heavy atom. The summed E-state index contributed by atoms with van der Waals surface area (Å²) >= 11 is 0. The molecular formula is C20H28N4O3. The van der Waals surface area contributed by atoms with Crippen LogP contribution in [-0.4, -0.2) is 41.1 Å². The summed E-state index contributed by atoms with van der Waals surface area (Å²) < 4.78 is 10.7. The molecule has 0 saturated carbocycles. The molecule has 1 saturated heterocycles. The lowest BCUT2D eigenvalue weighted by molar-refractivity contribution is -0.135. The first-order chi connectivity index (χ1) is 13.2. The molecule has 7 heteroatoms. The Morgan fingerprint density at radius 1 is 1.26 bits per heavy atom. The number of likely N-dealkylation sites (tertiary alicyclic amines) is 1. The van der Waals surface area contributed by atoms with Crippen molar-refractivity contribution in [2.45, 2.75) is 51.0 Å². The zero-order chi connectivity index (χ0) is 19.1. The molecule has 146 valence electrons. The molecule has 1 aliphatic heterocycles. The number of carbonyl (C=O) groups excluding carboxylic acids is 1. The van der Waals surface area contributed by atoms with Crippen molar-refractivity contribution in [3.05, 3.63) is 30.2 Å². The van der Waals surface area contributed by atoms with Crippen molar-refractivity contribution in [1.29, 1.82) is 0 Å². The van der Waals surface area contributed by atoms with Crippen LogP contribution in [0.5, 0.6) is 5.75 Å². The topological polar surface area (TPSA) is 94.5 Å². The third-order valence-electron chi connectivity index (χ3n) is 4.99. The summed E-state index contributed by atoms with van der Waals surface area (Å²) in [6.45, 7) is 1.43. The number of methoxy groups -OCH3 is 1. The summed E-state index contributed by atoms with van der Waals surface area (Å²) in [5.41, 5.74) is 6.39. The van der Waals surface area contributed by atoms with Crippen LogP contribution >= 0.6 is 0 Å². The van der Waals surface area contributed by atoms with Gasteiger partial charge in [-0.05, 0) is 62.9 Å². The van der Waals surface area contributed by atoms with E-state index < -0.39 is 0 Å². The second-order valence-electron chi connectivity index (χ2n) is 6.88. The Bertz CT molecular complexity index is 729. The lowest BCUT2D eigenvalue weighted by atomic mass is 10.0. The fourth-order valence-electron chi connectivity index (χ4n) is 3.46. The number of ether oxygens (including phenoxy) is 1. The van der Waals surface area contributed by atoms with Crippen LogP contribution in [0.15, 0.2) is 28.8 Å². The molecule has 0 unspecified atom stereocenters. The van der Waals surface area contributed by atoms with Gasteiger partial charge in [-0.25, -0.2) is 0 Å². The number of piperidine rings is 1. The van der Waals surface area contributed by atoms with Gasteiger partial charge in [0.25, 0.3) is 0 Å². The molecule has 1 fully saturated rings. The molecule has 27 heavy (non-hydrogen) atoms. The molecule has 1 atom stereocenters. The Kier molecular flexibility index (Phi) is 6.81. The average molecular weight is 372 g/mol. The van der Waals surface area contributed by atoms with E-state index in [9.17, 15) is 4.79 Å². The van der Waals surface area contributed by atoms with Gasteiger partial charge in [-0.15, -0.1) is 0 Å². The third kappa shape index (κ3) is 4.86. The summed E-state index contributed by atoms with van der Waals surface area (Å²) in [7, 11) is 1.63. The number of unbranched alkanes of at least 4 members (excludes halogenated alkanes) is 2. The van der Waals surface area contributed by atoms with E-state index in [1.807, 2.05) is 29.2 Å². The second kappa shape index (κ2) is 9.50. The van der Waals surface area contributed by atoms with Crippen LogP contribution in [0.1, 0.15) is 56.9 Å². The zero-order valence-electron chi connectivity index (χ0n) is 15.9. The predicted octanol–water partition coefficient (Wildman–Crippen LogP) is 3.32. The number of hydrogen-bond acceptors (Lipinski definition) is 6. The minimum absolute atomic E-state index is 0.125. The lowest BCUT2D eigenvalue weighted by Crippen LogP contribution is -2.38. The van der Waals surface area contributed by atoms with E-state index in [4.69, 9.17) is 15.0 Å². The predicted molar refractivity (Wildman–Crippen MR) is 102 cm³/mol. The number of rotatable bonds is 8. The van der Waals surface area contributed by atoms with E-state index in [0.717, 1.165) is 56.4 Å². The van der Waals surface area contributed by atoms with Gasteiger partial charge in [-0.3, -0.25) is 4.79 Å². The molecule has 1 aliphatic rings. The molecular weight excluding hydrogens is 344 g/mol. The molecule has 0 aliphatic carbocycles. The summed E-state index contributed by atoms with van der Waals surface area (Å²) in [5, 5.41) is 4.12. The summed E-state index contributed by atoms with van der Waals surface area (Å²) in [4.78, 5) is 19.2. The number of carbonyl (C=O) groups is 1. The van der Waals surface area contributed by atoms with E-state index in [1.165, 1.54) is 0 Å². The first kappa shape index (κ1) is 19.4. The molecule has 3 rings (SSSR count). The van der Waals surface area contributed by atoms with Crippen LogP contribution in [0.25, 0.3) is 11.4 Å². The molecule has 1 amide bonds. The normalized spacial score (nSPS) is 17.1. The van der Waals surface area contributed by atoms with Crippen LogP contribution < -0.4 is 10.5 Å². The minimum atomic E-state index is -0.125. The SMILES string of the molecule is COc1ccc(-c2noc([C@@H]3CCCCN3C(=O)CCCCCN)n2)cc1. The maximum absolute atomic E-state index is 12.7. The van der Waals surface area contributed by atoms with Gasteiger partial charge in [-0.2, -0.15) is 4.98 Å². The molecule has 2 aromatic rings. The van der Waals surface area contributed by atoms with Crippen molar-refractivity contribution < 1.29 is 14.1 Å². The monoisotopic (exact) mass is 372 g/mol. The van der Waals surface area contributed by atoms with Crippen LogP contribution in [0.4, 0.5) is 0 Å². The van der Waals surface area contributed by atoms with Crippen molar-refractivity contribution in [3.8, 4) is 17.1 Å². The van der Waals surface area contributed by atoms with Gasteiger partial charge in [-0.1, -0.05) is 11.6 Å². The zero-order valence-corrected chi connectivity index (χ0v) is 15.9. The summed E-state index contributed by atoms with van der Waals surface area (Å²) in [5.74, 6) is 2.01. The highest BCUT2D eigenvalue weighted by molar-refractivity contribution is 5.76. The van der Waals surface area contributed by atoms with E-state index in [1.54, 1.807) is 7.11 Å². The third-order valence-corrected chi connectivity index (χ3v) is 4.99. The molecule has 2 N–H and O–H groups in total. The lowest BCUT2D eigenvalue weighted by Gasteiger charge is -2.33. The van der Waals surface area contributed by atoms with Crippen molar-refractivity contribution in [1.82, 2.24) is 15.0 Å². The fraction of sp³-hybridized carbons (Fsp3) is 0.550. The quantitative estimate of drug-likeness (QED) is 0.714. The number of nitrogens with zero attached hydrogens (tertiary/aromatic N) is 3. The standard InChI is InChI=1S/C20H28N4O3/c1-26-16-11-9-15(10-12-16)19-22-20(27-23-19)17-7-4-6-14-24(17)18(25)8-3-2-5-13-21/h9-12,17H,2-8,13-14,21H2,1H3/t17-/m0/s1. The van der Waals surface area contributed by atoms with Crippen molar-refractivity contribution in [2.75, 3.05) is 20.2 Å². The smallest absolute Gasteiger partial charge is 0.249 e. The van der Waals surface area contributed by atoms with Gasteiger partial charge in [0.2, 0.25) is 17.6 Å². The highest BCUT2D eigenvalue weighted by Gasteiger charge is 2.31. The Balaban J connectivity index is 1.69. The van der Waals surface area contributed by atoms with Gasteiger partial charge in [0.15, 0.2) is 0 Å². The van der Waals surface area contributed by atoms with E-state index in [2.05, 4.69) is 10.1 Å². The van der Waals surface area contributed by atoms with Crippen molar-refractivity contribution in [3.63, 3.8) is 0 Å². The highest BCUT2D eigenvalue weighted by atomic mass is 16.5. The minimum Gasteiger partial charge on any atom is -0.497 e. The van der Waals surface area contributed by atoms with Gasteiger partial charge in [0.1, 0.15) is 11.8 Å². The second-order valence-corrected chi connectivity index (χ2v) is 6.88. The Morgan fingerprint density at radius 2 is 2.07 bits per heavy atom. The van der Waals surface area contributed by atoms with E-state index >= 15 is 0 Å².